The Bertz CT molecular complexity index is 1550. The average Bonchev–Trinajstić information content (AvgIpc) is 3.50. The average molecular weight is 591 g/mol. The maximum atomic E-state index is 14.1. The third-order valence-corrected chi connectivity index (χ3v) is 8.41. The van der Waals surface area contributed by atoms with Gasteiger partial charge >= 0.3 is 6.03 Å². The first-order valence-electron chi connectivity index (χ1n) is 13.8. The predicted octanol–water partition coefficient (Wildman–Crippen LogP) is 1.95. The monoisotopic (exact) mass is 590 g/mol. The lowest BCUT2D eigenvalue weighted by Gasteiger charge is -2.46. The number of benzene rings is 2. The number of nitrogens with two attached hydrogens (primary N) is 2. The maximum Gasteiger partial charge on any atom is 0.332 e. The van der Waals surface area contributed by atoms with Gasteiger partial charge in [-0.15, -0.1) is 6.42 Å². The predicted molar refractivity (Wildman–Crippen MR) is 161 cm³/mol. The summed E-state index contributed by atoms with van der Waals surface area (Å²) in [5.41, 5.74) is 14.3. The van der Waals surface area contributed by atoms with Crippen LogP contribution < -0.4 is 16.8 Å². The van der Waals surface area contributed by atoms with Crippen molar-refractivity contribution >= 4 is 50.2 Å². The molecule has 42 heavy (non-hydrogen) atoms. The van der Waals surface area contributed by atoms with E-state index in [1.165, 1.54) is 22.4 Å². The second kappa shape index (κ2) is 12.1. The standard InChI is InChI=1S/C29H34N8O4S/c1-3-5-11-32-29(41)35(12-4-2)36-17-25(39)37-21(14-18-9-10-22(38)20(30)13-18)27(40)34(16-24(36)37)15-19-7-6-8-23-26(19)33-28(31)42-23/h2,6-10,13,21,24,38H,3,5,11-12,14-17,30H2,1H3,(H2,31,33)(H,32,41)/t21-,24+/m0/s1. The molecule has 5 rings (SSSR count). The Morgan fingerprint density at radius 3 is 2.83 bits per heavy atom. The molecule has 2 aliphatic rings. The van der Waals surface area contributed by atoms with Gasteiger partial charge in [0.25, 0.3) is 0 Å². The van der Waals surface area contributed by atoms with E-state index < -0.39 is 18.2 Å². The molecule has 13 heteroatoms. The number of hydrogen-bond donors (Lipinski definition) is 4. The van der Waals surface area contributed by atoms with Gasteiger partial charge in [0, 0.05) is 19.5 Å². The lowest BCUT2D eigenvalue weighted by molar-refractivity contribution is -0.157. The number of aromatic hydroxyl groups is 1. The number of rotatable bonds is 9. The van der Waals surface area contributed by atoms with Crippen LogP contribution in [0.2, 0.25) is 0 Å². The molecule has 0 aliphatic carbocycles. The number of nitrogens with one attached hydrogen (secondary N) is 1. The van der Waals surface area contributed by atoms with Crippen molar-refractivity contribution in [2.24, 2.45) is 0 Å². The van der Waals surface area contributed by atoms with Crippen LogP contribution in [0.4, 0.5) is 15.6 Å². The first-order valence-corrected chi connectivity index (χ1v) is 14.6. The second-order valence-corrected chi connectivity index (χ2v) is 11.4. The summed E-state index contributed by atoms with van der Waals surface area (Å²) in [6.45, 7) is 2.73. The van der Waals surface area contributed by atoms with E-state index in [0.717, 1.165) is 28.6 Å². The number of terminal acetylenes is 1. The number of hydrogen-bond acceptors (Lipinski definition) is 9. The van der Waals surface area contributed by atoms with Crippen molar-refractivity contribution < 1.29 is 19.5 Å². The molecule has 0 bridgehead atoms. The fourth-order valence-electron chi connectivity index (χ4n) is 5.53. The minimum atomic E-state index is -0.874. The van der Waals surface area contributed by atoms with E-state index in [1.807, 2.05) is 25.1 Å². The maximum absolute atomic E-state index is 14.1. The highest BCUT2D eigenvalue weighted by Gasteiger charge is 2.52. The summed E-state index contributed by atoms with van der Waals surface area (Å²) in [4.78, 5) is 48.6. The third-order valence-electron chi connectivity index (χ3n) is 7.56. The molecule has 220 valence electrons. The number of piperazine rings is 1. The molecule has 4 amide bonds. The second-order valence-electron chi connectivity index (χ2n) is 10.4. The number of aromatic nitrogens is 1. The summed E-state index contributed by atoms with van der Waals surface area (Å²) < 4.78 is 0.911. The molecular formula is C29H34N8O4S. The molecule has 0 saturated carbocycles. The van der Waals surface area contributed by atoms with E-state index in [9.17, 15) is 19.5 Å². The number of unbranched alkanes of at least 4 members (excludes halogenated alkanes) is 1. The molecule has 2 saturated heterocycles. The lowest BCUT2D eigenvalue weighted by Crippen LogP contribution is -2.66. The highest BCUT2D eigenvalue weighted by molar-refractivity contribution is 7.22. The fraction of sp³-hybridized carbons (Fsp3) is 0.379. The van der Waals surface area contributed by atoms with Crippen LogP contribution in [0, 0.1) is 12.3 Å². The van der Waals surface area contributed by atoms with Gasteiger partial charge in [0.15, 0.2) is 5.13 Å². The van der Waals surface area contributed by atoms with Crippen molar-refractivity contribution in [3.63, 3.8) is 0 Å². The minimum Gasteiger partial charge on any atom is -0.506 e. The minimum absolute atomic E-state index is 0.0416. The van der Waals surface area contributed by atoms with Gasteiger partial charge in [0.1, 0.15) is 18.0 Å². The molecule has 12 nitrogen and oxygen atoms in total. The number of hydrazine groups is 1. The molecule has 0 unspecified atom stereocenters. The molecule has 6 N–H and O–H groups in total. The smallest absolute Gasteiger partial charge is 0.332 e. The first-order chi connectivity index (χ1) is 20.2. The molecule has 3 heterocycles. The molecule has 1 aromatic heterocycles. The molecule has 2 aliphatic heterocycles. The largest absolute Gasteiger partial charge is 0.506 e. The Kier molecular flexibility index (Phi) is 8.37. The normalized spacial score (nSPS) is 18.8. The van der Waals surface area contributed by atoms with E-state index in [4.69, 9.17) is 17.9 Å². The number of nitrogen functional groups attached to an aromatic ring is 2. The van der Waals surface area contributed by atoms with E-state index >= 15 is 0 Å². The summed E-state index contributed by atoms with van der Waals surface area (Å²) in [6, 6.07) is 9.19. The third kappa shape index (κ3) is 5.63. The SMILES string of the molecule is C#CCN(C(=O)NCCCC)N1CC(=O)N2[C@@H](Cc3ccc(O)c(N)c3)C(=O)N(Cc3cccc4sc(N)nc34)C[C@@H]21. The summed E-state index contributed by atoms with van der Waals surface area (Å²) in [6.07, 6.45) is 6.88. The molecule has 0 radical (unpaired) electrons. The van der Waals surface area contributed by atoms with Gasteiger partial charge in [0.2, 0.25) is 11.8 Å². The fourth-order valence-corrected chi connectivity index (χ4v) is 6.31. The summed E-state index contributed by atoms with van der Waals surface area (Å²) in [7, 11) is 0. The van der Waals surface area contributed by atoms with Gasteiger partial charge in [-0.2, -0.15) is 5.01 Å². The van der Waals surface area contributed by atoms with Crippen LogP contribution in [0.3, 0.4) is 0 Å². The van der Waals surface area contributed by atoms with Crippen molar-refractivity contribution in [2.45, 2.75) is 44.9 Å². The topological polar surface area (TPSA) is 161 Å². The van der Waals surface area contributed by atoms with Gasteiger partial charge < -0.3 is 31.7 Å². The summed E-state index contributed by atoms with van der Waals surface area (Å²) in [5, 5.41) is 16.3. The Balaban J connectivity index is 1.50. The number of carbonyl (C=O) groups excluding carboxylic acids is 3. The molecule has 3 aromatic rings. The molecule has 0 spiro atoms. The van der Waals surface area contributed by atoms with Crippen molar-refractivity contribution in [3.05, 3.63) is 47.5 Å². The Morgan fingerprint density at radius 2 is 2.10 bits per heavy atom. The van der Waals surface area contributed by atoms with Crippen LogP contribution in [0.15, 0.2) is 36.4 Å². The lowest BCUT2D eigenvalue weighted by atomic mass is 9.99. The van der Waals surface area contributed by atoms with Crippen LogP contribution in [0.5, 0.6) is 5.75 Å². The van der Waals surface area contributed by atoms with Gasteiger partial charge in [-0.05, 0) is 35.7 Å². The van der Waals surface area contributed by atoms with Gasteiger partial charge in [0.05, 0.1) is 35.5 Å². The van der Waals surface area contributed by atoms with E-state index in [1.54, 1.807) is 26.9 Å². The van der Waals surface area contributed by atoms with Gasteiger partial charge in [-0.25, -0.2) is 14.8 Å². The Morgan fingerprint density at radius 1 is 1.29 bits per heavy atom. The number of urea groups is 1. The highest BCUT2D eigenvalue weighted by atomic mass is 32.1. The van der Waals surface area contributed by atoms with Crippen LogP contribution in [0.1, 0.15) is 30.9 Å². The molecule has 2 aromatic carbocycles. The number of amides is 4. The molecular weight excluding hydrogens is 556 g/mol. The van der Waals surface area contributed by atoms with Crippen molar-refractivity contribution in [2.75, 3.05) is 37.6 Å². The zero-order valence-electron chi connectivity index (χ0n) is 23.3. The van der Waals surface area contributed by atoms with Gasteiger partial charge in [-0.3, -0.25) is 9.59 Å². The van der Waals surface area contributed by atoms with Crippen molar-refractivity contribution in [1.29, 1.82) is 0 Å². The summed E-state index contributed by atoms with van der Waals surface area (Å²) in [5.74, 6) is 1.93. The van der Waals surface area contributed by atoms with Crippen LogP contribution >= 0.6 is 11.3 Å². The number of fused-ring (bicyclic) bond motifs is 2. The number of thiazole rings is 1. The Labute approximate surface area is 247 Å². The zero-order valence-corrected chi connectivity index (χ0v) is 24.1. The summed E-state index contributed by atoms with van der Waals surface area (Å²) >= 11 is 1.37. The van der Waals surface area contributed by atoms with Crippen molar-refractivity contribution in [1.82, 2.24) is 30.1 Å². The zero-order chi connectivity index (χ0) is 30.0. The molecule has 2 fully saturated rings. The molecule has 2 atom stereocenters. The highest BCUT2D eigenvalue weighted by Crippen LogP contribution is 2.33. The number of para-hydroxylation sites is 1. The van der Waals surface area contributed by atoms with E-state index in [2.05, 4.69) is 16.2 Å². The number of nitrogens with zero attached hydrogens (tertiary/aromatic N) is 5. The number of carbonyl (C=O) groups is 3. The Hall–Kier alpha value is -4.54. The van der Waals surface area contributed by atoms with E-state index in [0.29, 0.717) is 17.2 Å². The number of anilines is 2. The quantitative estimate of drug-likeness (QED) is 0.127. The number of phenols is 1. The first kappa shape index (κ1) is 29.0. The van der Waals surface area contributed by atoms with Gasteiger partial charge in [-0.1, -0.05) is 48.8 Å². The van der Waals surface area contributed by atoms with Crippen LogP contribution in [-0.2, 0) is 22.6 Å². The van der Waals surface area contributed by atoms with Crippen LogP contribution in [-0.4, -0.2) is 86.1 Å². The van der Waals surface area contributed by atoms with Crippen molar-refractivity contribution in [3.8, 4) is 18.1 Å². The van der Waals surface area contributed by atoms with Crippen LogP contribution in [0.25, 0.3) is 10.2 Å². The number of phenolic OH excluding ortho intramolecular Hbond substituents is 1. The van der Waals surface area contributed by atoms with E-state index in [-0.39, 0.29) is 55.9 Å².